The first-order chi connectivity index (χ1) is 17.7. The summed E-state index contributed by atoms with van der Waals surface area (Å²) in [5.74, 6) is -3.59. The minimum absolute atomic E-state index is 0.00862. The SMILES string of the molecule is CCCS(=O)(=O)Nc1ccc(F)c(C(=O)c2c[nH]c3ncc(-c4cnc(-n5cnc(C)c5)s4)cc23)c1F. The van der Waals surface area contributed by atoms with E-state index in [9.17, 15) is 17.6 Å². The van der Waals surface area contributed by atoms with Gasteiger partial charge in [-0.3, -0.25) is 14.1 Å². The highest BCUT2D eigenvalue weighted by atomic mass is 32.2. The van der Waals surface area contributed by atoms with Gasteiger partial charge in [-0.1, -0.05) is 18.3 Å². The van der Waals surface area contributed by atoms with Crippen LogP contribution in [0.4, 0.5) is 14.5 Å². The fourth-order valence-corrected chi connectivity index (χ4v) is 5.81. The number of H-pyrrole nitrogens is 1. The molecule has 0 aliphatic carbocycles. The van der Waals surface area contributed by atoms with Crippen molar-refractivity contribution in [3.8, 4) is 15.6 Å². The van der Waals surface area contributed by atoms with Gasteiger partial charge in [0.25, 0.3) is 0 Å². The minimum Gasteiger partial charge on any atom is -0.345 e. The molecule has 13 heteroatoms. The van der Waals surface area contributed by atoms with Crippen molar-refractivity contribution in [2.45, 2.75) is 20.3 Å². The van der Waals surface area contributed by atoms with Gasteiger partial charge < -0.3 is 4.98 Å². The molecule has 0 radical (unpaired) electrons. The highest BCUT2D eigenvalue weighted by molar-refractivity contribution is 7.92. The molecule has 2 N–H and O–H groups in total. The van der Waals surface area contributed by atoms with Gasteiger partial charge in [0.05, 0.1) is 27.6 Å². The molecule has 190 valence electrons. The number of hydrogen-bond donors (Lipinski definition) is 2. The summed E-state index contributed by atoms with van der Waals surface area (Å²) >= 11 is 1.38. The number of imidazole rings is 1. The number of aromatic nitrogens is 5. The second-order valence-corrected chi connectivity index (χ2v) is 11.1. The molecule has 0 unspecified atom stereocenters. The van der Waals surface area contributed by atoms with Crippen molar-refractivity contribution in [1.29, 1.82) is 0 Å². The molecule has 0 saturated carbocycles. The standard InChI is InChI=1S/C24H20F2N6O3S2/c1-3-6-37(34,35)31-18-5-4-17(25)20(21(18)26)22(33)16-9-28-23-15(16)7-14(8-27-23)19-10-29-24(36-19)32-11-13(2)30-12-32/h4-5,7-12,31H,3,6H2,1-2H3,(H,27,28). The third-order valence-corrected chi connectivity index (χ3v) is 8.08. The van der Waals surface area contributed by atoms with Crippen molar-refractivity contribution in [3.05, 3.63) is 77.8 Å². The third kappa shape index (κ3) is 4.74. The van der Waals surface area contributed by atoms with Gasteiger partial charge in [0.1, 0.15) is 17.8 Å². The second-order valence-electron chi connectivity index (χ2n) is 8.29. The van der Waals surface area contributed by atoms with Gasteiger partial charge in [0, 0.05) is 41.3 Å². The fraction of sp³-hybridized carbons (Fsp3) is 0.167. The molecule has 37 heavy (non-hydrogen) atoms. The topological polar surface area (TPSA) is 123 Å². The van der Waals surface area contributed by atoms with Crippen LogP contribution in [0.1, 0.15) is 35.0 Å². The van der Waals surface area contributed by atoms with Gasteiger partial charge in [-0.15, -0.1) is 0 Å². The second kappa shape index (κ2) is 9.48. The van der Waals surface area contributed by atoms with Gasteiger partial charge in [-0.25, -0.2) is 32.2 Å². The highest BCUT2D eigenvalue weighted by Gasteiger charge is 2.26. The van der Waals surface area contributed by atoms with Crippen molar-refractivity contribution in [2.75, 3.05) is 10.5 Å². The lowest BCUT2D eigenvalue weighted by Crippen LogP contribution is -2.18. The van der Waals surface area contributed by atoms with Crippen LogP contribution in [-0.2, 0) is 10.0 Å². The number of carbonyl (C=O) groups is 1. The molecule has 0 atom stereocenters. The van der Waals surface area contributed by atoms with Crippen molar-refractivity contribution >= 4 is 43.9 Å². The Morgan fingerprint density at radius 2 is 2.00 bits per heavy atom. The average molecular weight is 543 g/mol. The molecule has 1 aromatic carbocycles. The summed E-state index contributed by atoms with van der Waals surface area (Å²) in [6.45, 7) is 3.52. The first-order valence-electron chi connectivity index (χ1n) is 11.1. The molecular formula is C24H20F2N6O3S2. The molecule has 4 heterocycles. The van der Waals surface area contributed by atoms with E-state index in [-0.39, 0.29) is 11.3 Å². The number of pyridine rings is 1. The maximum absolute atomic E-state index is 15.2. The number of anilines is 1. The Labute approximate surface area is 214 Å². The van der Waals surface area contributed by atoms with Crippen LogP contribution >= 0.6 is 11.3 Å². The Hall–Kier alpha value is -3.97. The van der Waals surface area contributed by atoms with Crippen LogP contribution in [0.15, 0.2) is 49.3 Å². The Balaban J connectivity index is 1.53. The molecular weight excluding hydrogens is 522 g/mol. The first kappa shape index (κ1) is 24.7. The Bertz CT molecular complexity index is 1760. The number of sulfonamides is 1. The van der Waals surface area contributed by atoms with E-state index in [1.807, 2.05) is 13.1 Å². The van der Waals surface area contributed by atoms with Gasteiger partial charge >= 0.3 is 0 Å². The zero-order valence-corrected chi connectivity index (χ0v) is 21.3. The highest BCUT2D eigenvalue weighted by Crippen LogP contribution is 2.32. The molecule has 0 aliphatic heterocycles. The third-order valence-electron chi connectivity index (χ3n) is 5.54. The lowest BCUT2D eigenvalue weighted by molar-refractivity contribution is 0.103. The van der Waals surface area contributed by atoms with Crippen molar-refractivity contribution in [2.24, 2.45) is 0 Å². The van der Waals surface area contributed by atoms with E-state index >= 15 is 4.39 Å². The van der Waals surface area contributed by atoms with E-state index in [4.69, 9.17) is 0 Å². The lowest BCUT2D eigenvalue weighted by Gasteiger charge is -2.11. The number of ketones is 1. The maximum Gasteiger partial charge on any atom is 0.232 e. The molecule has 0 aliphatic rings. The lowest BCUT2D eigenvalue weighted by atomic mass is 10.0. The van der Waals surface area contributed by atoms with Gasteiger partial charge in [-0.2, -0.15) is 0 Å². The van der Waals surface area contributed by atoms with Crippen LogP contribution in [0, 0.1) is 18.6 Å². The number of carbonyl (C=O) groups excluding carboxylic acids is 1. The number of rotatable bonds is 8. The predicted octanol–water partition coefficient (Wildman–Crippen LogP) is 4.84. The number of aromatic amines is 1. The van der Waals surface area contributed by atoms with Gasteiger partial charge in [0.2, 0.25) is 15.8 Å². The average Bonchev–Trinajstić information content (AvgIpc) is 3.59. The number of nitrogens with zero attached hydrogens (tertiary/aromatic N) is 4. The van der Waals surface area contributed by atoms with Gasteiger partial charge in [0.15, 0.2) is 10.9 Å². The Morgan fingerprint density at radius 3 is 2.73 bits per heavy atom. The fourth-order valence-electron chi connectivity index (χ4n) is 3.83. The number of hydrogen-bond acceptors (Lipinski definition) is 7. The van der Waals surface area contributed by atoms with Gasteiger partial charge in [-0.05, 0) is 31.5 Å². The largest absolute Gasteiger partial charge is 0.345 e. The molecule has 5 aromatic rings. The number of thiazole rings is 1. The summed E-state index contributed by atoms with van der Waals surface area (Å²) in [5.41, 5.74) is 0.483. The minimum atomic E-state index is -3.85. The van der Waals surface area contributed by atoms with E-state index in [0.29, 0.717) is 28.1 Å². The van der Waals surface area contributed by atoms with Crippen LogP contribution in [0.5, 0.6) is 0 Å². The summed E-state index contributed by atoms with van der Waals surface area (Å²) in [7, 11) is -3.85. The predicted molar refractivity (Wildman–Crippen MR) is 137 cm³/mol. The monoisotopic (exact) mass is 542 g/mol. The molecule has 0 spiro atoms. The molecule has 4 aromatic heterocycles. The van der Waals surface area contributed by atoms with Crippen LogP contribution < -0.4 is 4.72 Å². The molecule has 0 fully saturated rings. The van der Waals surface area contributed by atoms with Crippen molar-refractivity contribution in [3.63, 3.8) is 0 Å². The van der Waals surface area contributed by atoms with Crippen molar-refractivity contribution < 1.29 is 22.0 Å². The molecule has 9 nitrogen and oxygen atoms in total. The zero-order chi connectivity index (χ0) is 26.3. The molecule has 0 bridgehead atoms. The molecule has 5 rings (SSSR count). The first-order valence-corrected chi connectivity index (χ1v) is 13.6. The Morgan fingerprint density at radius 1 is 1.19 bits per heavy atom. The summed E-state index contributed by atoms with van der Waals surface area (Å²) in [5, 5.41) is 1.04. The van der Waals surface area contributed by atoms with E-state index in [0.717, 1.165) is 22.7 Å². The number of fused-ring (bicyclic) bond motifs is 1. The number of benzene rings is 1. The number of halogens is 2. The number of aryl methyl sites for hydroxylation is 1. The van der Waals surface area contributed by atoms with Crippen LogP contribution in [-0.4, -0.2) is 44.5 Å². The zero-order valence-electron chi connectivity index (χ0n) is 19.6. The molecule has 0 saturated heterocycles. The van der Waals surface area contributed by atoms with Crippen molar-refractivity contribution in [1.82, 2.24) is 24.5 Å². The summed E-state index contributed by atoms with van der Waals surface area (Å²) in [6.07, 6.45) is 8.39. The maximum atomic E-state index is 15.2. The van der Waals surface area contributed by atoms with E-state index in [1.165, 1.54) is 17.5 Å². The molecule has 0 amide bonds. The Kier molecular flexibility index (Phi) is 6.33. The van der Waals surface area contributed by atoms with Crippen LogP contribution in [0.25, 0.3) is 26.6 Å². The van der Waals surface area contributed by atoms with E-state index in [1.54, 1.807) is 36.3 Å². The van der Waals surface area contributed by atoms with Crippen LogP contribution in [0.2, 0.25) is 0 Å². The normalized spacial score (nSPS) is 11.8. The quantitative estimate of drug-likeness (QED) is 0.271. The van der Waals surface area contributed by atoms with Crippen LogP contribution in [0.3, 0.4) is 0 Å². The summed E-state index contributed by atoms with van der Waals surface area (Å²) in [4.78, 5) is 29.9. The number of nitrogens with one attached hydrogen (secondary N) is 2. The van der Waals surface area contributed by atoms with E-state index in [2.05, 4.69) is 24.7 Å². The summed E-state index contributed by atoms with van der Waals surface area (Å²) in [6, 6.07) is 3.49. The smallest absolute Gasteiger partial charge is 0.232 e. The van der Waals surface area contributed by atoms with E-state index < -0.39 is 38.7 Å². The summed E-state index contributed by atoms with van der Waals surface area (Å²) < 4.78 is 58.0.